The molecule has 2 fully saturated rings. The normalized spacial score (nSPS) is 17.6. The molecule has 3 aromatic carbocycles. The number of hydrogen-bond acceptors (Lipinski definition) is 7. The second-order valence-corrected chi connectivity index (χ2v) is 13.6. The molecule has 1 atom stereocenters. The van der Waals surface area contributed by atoms with E-state index in [-0.39, 0.29) is 53.1 Å². The Morgan fingerprint density at radius 2 is 1.54 bits per heavy atom. The molecule has 0 unspecified atom stereocenters. The van der Waals surface area contributed by atoms with Crippen LogP contribution in [0.2, 0.25) is 0 Å². The third-order valence-electron chi connectivity index (χ3n) is 8.63. The number of anilines is 2. The number of benzene rings is 3. The quantitative estimate of drug-likeness (QED) is 0.196. The number of Topliss-reactive ketones (excluding diaryl/α,β-unsaturated/α-hetero) is 1. The number of aryl methyl sites for hydroxylation is 1. The van der Waals surface area contributed by atoms with Crippen LogP contribution in [0.5, 0.6) is 0 Å². The molecule has 0 bridgehead atoms. The summed E-state index contributed by atoms with van der Waals surface area (Å²) in [6, 6.07) is 16.3. The fraction of sp³-hybridized carbons (Fsp3) is 0.324. The van der Waals surface area contributed by atoms with E-state index in [1.54, 1.807) is 24.3 Å². The molecule has 8 nitrogen and oxygen atoms in total. The molecule has 2 aliphatic rings. The number of para-hydroxylation sites is 1. The van der Waals surface area contributed by atoms with Crippen LogP contribution in [-0.4, -0.2) is 67.2 Å². The predicted molar refractivity (Wildman–Crippen MR) is 170 cm³/mol. The van der Waals surface area contributed by atoms with Gasteiger partial charge < -0.3 is 9.80 Å². The lowest BCUT2D eigenvalue weighted by Crippen LogP contribution is -2.47. The average molecular weight is 686 g/mol. The Balaban J connectivity index is 1.24. The summed E-state index contributed by atoms with van der Waals surface area (Å²) in [7, 11) is -4.05. The summed E-state index contributed by atoms with van der Waals surface area (Å²) in [5.41, 5.74) is 0.504. The van der Waals surface area contributed by atoms with Crippen LogP contribution in [0, 0.1) is 11.6 Å². The van der Waals surface area contributed by atoms with Gasteiger partial charge in [-0.1, -0.05) is 24.3 Å². The first-order valence-electron chi connectivity index (χ1n) is 15.5. The van der Waals surface area contributed by atoms with Gasteiger partial charge in [0.15, 0.2) is 5.78 Å². The van der Waals surface area contributed by atoms with Crippen molar-refractivity contribution >= 4 is 27.4 Å². The van der Waals surface area contributed by atoms with Gasteiger partial charge in [0, 0.05) is 50.4 Å². The topological polar surface area (TPSA) is 86.7 Å². The maximum atomic E-state index is 14.4. The summed E-state index contributed by atoms with van der Waals surface area (Å²) in [5, 5.41) is 0. The summed E-state index contributed by atoms with van der Waals surface area (Å²) in [6.45, 7) is 1.87. The Kier molecular flexibility index (Phi) is 9.48. The molecule has 48 heavy (non-hydrogen) atoms. The number of nitrogens with zero attached hydrogens (tertiary/aromatic N) is 5. The summed E-state index contributed by atoms with van der Waals surface area (Å²) in [4.78, 5) is 26.4. The lowest BCUT2D eigenvalue weighted by atomic mass is 10.0. The fourth-order valence-corrected chi connectivity index (χ4v) is 7.80. The third kappa shape index (κ3) is 7.19. The number of alkyl halides is 3. The van der Waals surface area contributed by atoms with Crippen LogP contribution in [0.4, 0.5) is 33.6 Å². The molecule has 4 aromatic rings. The van der Waals surface area contributed by atoms with E-state index in [4.69, 9.17) is 0 Å². The van der Waals surface area contributed by atoms with Crippen LogP contribution < -0.4 is 9.80 Å². The molecule has 0 spiro atoms. The smallest absolute Gasteiger partial charge is 0.366 e. The Hall–Kier alpha value is -4.43. The number of carbonyl (C=O) groups is 1. The molecule has 0 amide bonds. The van der Waals surface area contributed by atoms with Crippen molar-refractivity contribution in [2.24, 2.45) is 0 Å². The SMILES string of the molecule is O=C(CCc1cc(-c2cccc(C(F)(F)F)c2)nc(N2CCN(c3ccccc3F)CC2)n1)[C@@H]1CCCN1S(=O)(=O)c1ccc(F)cc1. The van der Waals surface area contributed by atoms with E-state index in [0.717, 1.165) is 28.6 Å². The molecule has 1 aromatic heterocycles. The molecular weight excluding hydrogens is 653 g/mol. The van der Waals surface area contributed by atoms with Gasteiger partial charge in [-0.15, -0.1) is 0 Å². The molecule has 2 aliphatic heterocycles. The maximum absolute atomic E-state index is 14.4. The maximum Gasteiger partial charge on any atom is 0.416 e. The van der Waals surface area contributed by atoms with Crippen molar-refractivity contribution in [3.05, 3.63) is 102 Å². The van der Waals surface area contributed by atoms with Crippen LogP contribution in [0.3, 0.4) is 0 Å². The average Bonchev–Trinajstić information content (AvgIpc) is 3.59. The number of piperazine rings is 1. The van der Waals surface area contributed by atoms with E-state index in [9.17, 15) is 35.2 Å². The number of aromatic nitrogens is 2. The zero-order chi connectivity index (χ0) is 34.1. The Morgan fingerprint density at radius 1 is 0.833 bits per heavy atom. The van der Waals surface area contributed by atoms with Gasteiger partial charge >= 0.3 is 6.18 Å². The minimum Gasteiger partial charge on any atom is -0.366 e. The Morgan fingerprint density at radius 3 is 2.25 bits per heavy atom. The van der Waals surface area contributed by atoms with Gasteiger partial charge in [-0.05, 0) is 73.9 Å². The number of hydrogen-bond donors (Lipinski definition) is 0. The van der Waals surface area contributed by atoms with Crippen molar-refractivity contribution in [3.8, 4) is 11.3 Å². The highest BCUT2D eigenvalue weighted by Crippen LogP contribution is 2.33. The first-order chi connectivity index (χ1) is 22.9. The van der Waals surface area contributed by atoms with Crippen LogP contribution in [0.15, 0.2) is 83.8 Å². The number of rotatable bonds is 9. The van der Waals surface area contributed by atoms with Crippen LogP contribution >= 0.6 is 0 Å². The highest BCUT2D eigenvalue weighted by Gasteiger charge is 2.39. The van der Waals surface area contributed by atoms with Crippen molar-refractivity contribution in [2.75, 3.05) is 42.5 Å². The van der Waals surface area contributed by atoms with E-state index in [2.05, 4.69) is 9.97 Å². The standard InChI is InChI=1S/C34H32F5N5O3S/c35-25-10-13-27(14-11-25)48(46,47)44-16-4-9-31(44)32(45)15-12-26-22-29(23-5-3-6-24(21-23)34(37,38)39)41-33(40-26)43-19-17-42(18-20-43)30-8-2-1-7-28(30)36/h1-3,5-8,10-11,13-14,21-22,31H,4,9,12,15-20H2/t31-/m0/s1. The zero-order valence-corrected chi connectivity index (χ0v) is 26.5. The lowest BCUT2D eigenvalue weighted by Gasteiger charge is -2.36. The summed E-state index contributed by atoms with van der Waals surface area (Å²) in [6.07, 6.45) is -3.73. The number of halogens is 5. The molecule has 2 saturated heterocycles. The van der Waals surface area contributed by atoms with Gasteiger partial charge in [0.05, 0.1) is 27.9 Å². The predicted octanol–water partition coefficient (Wildman–Crippen LogP) is 6.12. The second kappa shape index (κ2) is 13.6. The van der Waals surface area contributed by atoms with Gasteiger partial charge in [-0.3, -0.25) is 4.79 Å². The van der Waals surface area contributed by atoms with E-state index in [1.165, 1.54) is 30.3 Å². The Bertz CT molecular complexity index is 1900. The number of carbonyl (C=O) groups excluding carboxylic acids is 1. The van der Waals surface area contributed by atoms with E-state index in [0.29, 0.717) is 50.4 Å². The van der Waals surface area contributed by atoms with Gasteiger partial charge in [-0.2, -0.15) is 17.5 Å². The van der Waals surface area contributed by atoms with E-state index >= 15 is 0 Å². The highest BCUT2D eigenvalue weighted by atomic mass is 32.2. The Labute approximate surface area is 274 Å². The van der Waals surface area contributed by atoms with E-state index in [1.807, 2.05) is 9.80 Å². The molecule has 252 valence electrons. The number of ketones is 1. The monoisotopic (exact) mass is 685 g/mol. The molecular formula is C34H32F5N5O3S. The van der Waals surface area contributed by atoms with Gasteiger partial charge in [0.25, 0.3) is 0 Å². The van der Waals surface area contributed by atoms with Crippen molar-refractivity contribution in [3.63, 3.8) is 0 Å². The molecule has 6 rings (SSSR count). The van der Waals surface area contributed by atoms with Gasteiger partial charge in [0.2, 0.25) is 16.0 Å². The van der Waals surface area contributed by atoms with Crippen molar-refractivity contribution in [1.29, 1.82) is 0 Å². The molecule has 3 heterocycles. The van der Waals surface area contributed by atoms with Crippen LogP contribution in [0.25, 0.3) is 11.3 Å². The van der Waals surface area contributed by atoms with Crippen molar-refractivity contribution in [2.45, 2.75) is 42.8 Å². The van der Waals surface area contributed by atoms with Gasteiger partial charge in [0.1, 0.15) is 11.6 Å². The first kappa shape index (κ1) is 33.5. The zero-order valence-electron chi connectivity index (χ0n) is 25.7. The van der Waals surface area contributed by atoms with Gasteiger partial charge in [-0.25, -0.2) is 27.2 Å². The van der Waals surface area contributed by atoms with Crippen molar-refractivity contribution in [1.82, 2.24) is 14.3 Å². The first-order valence-corrected chi connectivity index (χ1v) is 16.9. The minimum absolute atomic E-state index is 0.0698. The molecule has 0 N–H and O–H groups in total. The van der Waals surface area contributed by atoms with E-state index < -0.39 is 33.6 Å². The third-order valence-corrected chi connectivity index (χ3v) is 10.6. The molecule has 0 radical (unpaired) electrons. The van der Waals surface area contributed by atoms with Crippen molar-refractivity contribution < 1.29 is 35.2 Å². The summed E-state index contributed by atoms with van der Waals surface area (Å²) >= 11 is 0. The molecule has 0 saturated carbocycles. The largest absolute Gasteiger partial charge is 0.416 e. The molecule has 0 aliphatic carbocycles. The highest BCUT2D eigenvalue weighted by molar-refractivity contribution is 7.89. The van der Waals surface area contributed by atoms with Crippen LogP contribution in [0.1, 0.15) is 30.5 Å². The van der Waals surface area contributed by atoms with Crippen LogP contribution in [-0.2, 0) is 27.4 Å². The lowest BCUT2D eigenvalue weighted by molar-refractivity contribution is -0.137. The minimum atomic E-state index is -4.56. The summed E-state index contributed by atoms with van der Waals surface area (Å²) < 4.78 is 96.3. The fourth-order valence-electron chi connectivity index (χ4n) is 6.12. The second-order valence-electron chi connectivity index (χ2n) is 11.7. The summed E-state index contributed by atoms with van der Waals surface area (Å²) in [5.74, 6) is -0.977. The molecule has 14 heteroatoms. The number of sulfonamides is 1.